The smallest absolute Gasteiger partial charge is 0.310 e. The highest BCUT2D eigenvalue weighted by Gasteiger charge is 2.39. The Hall–Kier alpha value is -1.05. The Morgan fingerprint density at radius 1 is 1.67 bits per heavy atom. The van der Waals surface area contributed by atoms with Crippen LogP contribution in [0, 0.1) is 11.8 Å². The Balaban J connectivity index is 2.85. The van der Waals surface area contributed by atoms with E-state index in [9.17, 15) is 4.79 Å². The highest BCUT2D eigenvalue weighted by molar-refractivity contribution is 5.75. The van der Waals surface area contributed by atoms with E-state index in [1.165, 1.54) is 0 Å². The van der Waals surface area contributed by atoms with Gasteiger partial charge in [-0.05, 0) is 12.5 Å². The zero-order valence-electron chi connectivity index (χ0n) is 7.54. The van der Waals surface area contributed by atoms with E-state index in [4.69, 9.17) is 4.74 Å². The third-order valence-corrected chi connectivity index (χ3v) is 2.30. The molecule has 0 unspecified atom stereocenters. The van der Waals surface area contributed by atoms with Crippen molar-refractivity contribution in [1.82, 2.24) is 0 Å². The topological polar surface area (TPSA) is 26.3 Å². The maximum atomic E-state index is 11.1. The summed E-state index contributed by atoms with van der Waals surface area (Å²) in [5.41, 5.74) is 0.887. The van der Waals surface area contributed by atoms with Gasteiger partial charge in [0.05, 0.1) is 5.92 Å². The number of ether oxygens (including phenoxy) is 1. The van der Waals surface area contributed by atoms with Gasteiger partial charge in [-0.25, -0.2) is 0 Å². The second-order valence-electron chi connectivity index (χ2n) is 3.31. The number of cyclic esters (lactones) is 1. The van der Waals surface area contributed by atoms with Crippen LogP contribution in [0.5, 0.6) is 0 Å². The van der Waals surface area contributed by atoms with Gasteiger partial charge in [0.15, 0.2) is 0 Å². The van der Waals surface area contributed by atoms with Crippen molar-refractivity contribution in [1.29, 1.82) is 0 Å². The lowest BCUT2D eigenvalue weighted by Gasteiger charge is -2.14. The zero-order chi connectivity index (χ0) is 9.30. The van der Waals surface area contributed by atoms with Crippen LogP contribution >= 0.6 is 0 Å². The molecular formula is C10H14O2. The standard InChI is InChI=1S/C10H14O2/c1-5-8-7(4)10(11)12-9(8)6(2)3/h5,7-9H,1-2H2,3-4H3/t7-,8-,9-/m0/s1. The van der Waals surface area contributed by atoms with E-state index in [0.717, 1.165) is 5.57 Å². The molecule has 2 heteroatoms. The molecule has 1 aliphatic rings. The van der Waals surface area contributed by atoms with Crippen molar-refractivity contribution in [2.45, 2.75) is 20.0 Å². The van der Waals surface area contributed by atoms with Crippen molar-refractivity contribution in [3.8, 4) is 0 Å². The van der Waals surface area contributed by atoms with Gasteiger partial charge in [0, 0.05) is 5.92 Å². The van der Waals surface area contributed by atoms with Crippen LogP contribution < -0.4 is 0 Å². The number of esters is 1. The summed E-state index contributed by atoms with van der Waals surface area (Å²) in [7, 11) is 0. The zero-order valence-corrected chi connectivity index (χ0v) is 7.54. The van der Waals surface area contributed by atoms with Gasteiger partial charge in [-0.3, -0.25) is 4.79 Å². The summed E-state index contributed by atoms with van der Waals surface area (Å²) in [6.45, 7) is 11.2. The molecule has 0 aliphatic carbocycles. The first-order chi connectivity index (χ1) is 5.57. The molecule has 1 fully saturated rings. The molecule has 12 heavy (non-hydrogen) atoms. The van der Waals surface area contributed by atoms with Crippen LogP contribution in [0.1, 0.15) is 13.8 Å². The number of carbonyl (C=O) groups excluding carboxylic acids is 1. The molecule has 0 aromatic carbocycles. The third kappa shape index (κ3) is 1.29. The average Bonchev–Trinajstić information content (AvgIpc) is 2.29. The summed E-state index contributed by atoms with van der Waals surface area (Å²) in [5, 5.41) is 0. The Morgan fingerprint density at radius 3 is 2.58 bits per heavy atom. The lowest BCUT2D eigenvalue weighted by Crippen LogP contribution is -2.17. The van der Waals surface area contributed by atoms with Crippen molar-refractivity contribution < 1.29 is 9.53 Å². The monoisotopic (exact) mass is 166 g/mol. The molecule has 2 nitrogen and oxygen atoms in total. The van der Waals surface area contributed by atoms with E-state index in [0.29, 0.717) is 0 Å². The molecule has 1 saturated heterocycles. The second-order valence-corrected chi connectivity index (χ2v) is 3.31. The normalized spacial score (nSPS) is 34.5. The summed E-state index contributed by atoms with van der Waals surface area (Å²) in [6.07, 6.45) is 1.61. The Morgan fingerprint density at radius 2 is 2.25 bits per heavy atom. The molecule has 66 valence electrons. The second kappa shape index (κ2) is 3.13. The molecule has 0 aromatic heterocycles. The van der Waals surface area contributed by atoms with Crippen LogP contribution in [0.3, 0.4) is 0 Å². The first-order valence-electron chi connectivity index (χ1n) is 4.06. The fourth-order valence-electron chi connectivity index (χ4n) is 1.49. The van der Waals surface area contributed by atoms with Gasteiger partial charge in [0.1, 0.15) is 6.10 Å². The summed E-state index contributed by atoms with van der Waals surface area (Å²) in [4.78, 5) is 11.1. The minimum atomic E-state index is -0.162. The Bertz CT molecular complexity index is 230. The van der Waals surface area contributed by atoms with Crippen molar-refractivity contribution >= 4 is 5.97 Å². The Labute approximate surface area is 72.9 Å². The molecule has 0 aromatic rings. The molecule has 0 radical (unpaired) electrons. The number of rotatable bonds is 2. The van der Waals surface area contributed by atoms with Crippen LogP contribution in [0.15, 0.2) is 24.8 Å². The predicted octanol–water partition coefficient (Wildman–Crippen LogP) is 1.93. The van der Waals surface area contributed by atoms with E-state index < -0.39 is 0 Å². The molecule has 1 aliphatic heterocycles. The lowest BCUT2D eigenvalue weighted by atomic mass is 9.89. The largest absolute Gasteiger partial charge is 0.457 e. The highest BCUT2D eigenvalue weighted by Crippen LogP contribution is 2.32. The predicted molar refractivity (Wildman–Crippen MR) is 47.5 cm³/mol. The molecule has 0 amide bonds. The quantitative estimate of drug-likeness (QED) is 0.463. The maximum Gasteiger partial charge on any atom is 0.310 e. The van der Waals surface area contributed by atoms with E-state index >= 15 is 0 Å². The number of hydrogen-bond acceptors (Lipinski definition) is 2. The summed E-state index contributed by atoms with van der Waals surface area (Å²) in [5.74, 6) is -0.132. The molecule has 1 heterocycles. The molecule has 3 atom stereocenters. The van der Waals surface area contributed by atoms with Gasteiger partial charge in [-0.2, -0.15) is 0 Å². The van der Waals surface area contributed by atoms with Crippen molar-refractivity contribution in [3.05, 3.63) is 24.8 Å². The SMILES string of the molecule is C=C[C@H]1[C@H](C)C(=O)O[C@H]1C(=C)C. The van der Waals surface area contributed by atoms with Crippen LogP contribution in [0.4, 0.5) is 0 Å². The minimum Gasteiger partial charge on any atom is -0.457 e. The van der Waals surface area contributed by atoms with Crippen LogP contribution in [0.25, 0.3) is 0 Å². The molecular weight excluding hydrogens is 152 g/mol. The van der Waals surface area contributed by atoms with E-state index in [-0.39, 0.29) is 23.9 Å². The van der Waals surface area contributed by atoms with E-state index in [2.05, 4.69) is 13.2 Å². The highest BCUT2D eigenvalue weighted by atomic mass is 16.6. The first-order valence-corrected chi connectivity index (χ1v) is 4.06. The number of carbonyl (C=O) groups is 1. The van der Waals surface area contributed by atoms with Gasteiger partial charge in [0.2, 0.25) is 0 Å². The number of hydrogen-bond donors (Lipinski definition) is 0. The van der Waals surface area contributed by atoms with Crippen LogP contribution in [0.2, 0.25) is 0 Å². The van der Waals surface area contributed by atoms with Crippen molar-refractivity contribution in [3.63, 3.8) is 0 Å². The summed E-state index contributed by atoms with van der Waals surface area (Å²) < 4.78 is 5.13. The molecule has 0 spiro atoms. The average molecular weight is 166 g/mol. The van der Waals surface area contributed by atoms with E-state index in [1.54, 1.807) is 6.08 Å². The lowest BCUT2D eigenvalue weighted by molar-refractivity contribution is -0.142. The van der Waals surface area contributed by atoms with Gasteiger partial charge >= 0.3 is 5.97 Å². The molecule has 0 saturated carbocycles. The van der Waals surface area contributed by atoms with E-state index in [1.807, 2.05) is 13.8 Å². The van der Waals surface area contributed by atoms with Gasteiger partial charge in [-0.1, -0.05) is 19.6 Å². The Kier molecular flexibility index (Phi) is 2.36. The van der Waals surface area contributed by atoms with Gasteiger partial charge in [0.25, 0.3) is 0 Å². The van der Waals surface area contributed by atoms with Crippen LogP contribution in [-0.2, 0) is 9.53 Å². The minimum absolute atomic E-state index is 0.0794. The van der Waals surface area contributed by atoms with Gasteiger partial charge in [-0.15, -0.1) is 6.58 Å². The molecule has 0 bridgehead atoms. The summed E-state index contributed by atoms with van der Waals surface area (Å²) >= 11 is 0. The van der Waals surface area contributed by atoms with Gasteiger partial charge < -0.3 is 4.74 Å². The van der Waals surface area contributed by atoms with Crippen molar-refractivity contribution in [2.24, 2.45) is 11.8 Å². The maximum absolute atomic E-state index is 11.1. The fourth-order valence-corrected chi connectivity index (χ4v) is 1.49. The molecule has 1 rings (SSSR count). The van der Waals surface area contributed by atoms with Crippen LogP contribution in [-0.4, -0.2) is 12.1 Å². The van der Waals surface area contributed by atoms with Crippen molar-refractivity contribution in [2.75, 3.05) is 0 Å². The summed E-state index contributed by atoms with van der Waals surface area (Å²) in [6, 6.07) is 0. The fraction of sp³-hybridized carbons (Fsp3) is 0.500. The first kappa shape index (κ1) is 9.04. The molecule has 0 N–H and O–H groups in total. The third-order valence-electron chi connectivity index (χ3n) is 2.30.